The number of likely N-dealkylation sites (N-methyl/N-ethyl adjacent to an activating group) is 2. The van der Waals surface area contributed by atoms with Gasteiger partial charge in [0.15, 0.2) is 21.2 Å². The molecule has 5 aromatic rings. The number of nitrogens with zero attached hydrogens (tertiary/aromatic N) is 4. The molecule has 5 rings (SSSR count). The zero-order chi connectivity index (χ0) is 45.4. The number of alkyl halides is 1. The number of nitrogens with one attached hydrogen (secondary N) is 2. The second-order valence-corrected chi connectivity index (χ2v) is 17.9. The topological polar surface area (TPSA) is 160 Å². The Morgan fingerprint density at radius 1 is 0.839 bits per heavy atom. The van der Waals surface area contributed by atoms with E-state index in [1.165, 1.54) is 28.7 Å². The van der Waals surface area contributed by atoms with E-state index in [1.54, 1.807) is 0 Å². The molecule has 1 unspecified atom stereocenters. The number of aromatic nitrogens is 1. The van der Waals surface area contributed by atoms with Crippen LogP contribution in [0.5, 0.6) is 11.5 Å². The maximum Gasteiger partial charge on any atom is 0.206 e. The van der Waals surface area contributed by atoms with Crippen molar-refractivity contribution in [2.75, 3.05) is 81.7 Å². The van der Waals surface area contributed by atoms with Crippen LogP contribution in [0.3, 0.4) is 0 Å². The summed E-state index contributed by atoms with van der Waals surface area (Å²) in [6.45, 7) is 7.17. The number of anilines is 4. The molecule has 4 aromatic carbocycles. The van der Waals surface area contributed by atoms with Crippen LogP contribution in [0, 0.1) is 0 Å². The fraction of sp³-hybridized carbons (Fsp3) is 0.311. The minimum Gasteiger partial charge on any atom is -0.492 e. The number of benzene rings is 4. The number of hydrogen-bond acceptors (Lipinski definition) is 12. The van der Waals surface area contributed by atoms with Crippen molar-refractivity contribution in [1.82, 2.24) is 14.8 Å². The van der Waals surface area contributed by atoms with Gasteiger partial charge in [-0.05, 0) is 125 Å². The van der Waals surface area contributed by atoms with Crippen molar-refractivity contribution >= 4 is 105 Å². The van der Waals surface area contributed by atoms with Crippen LogP contribution in [0.2, 0.25) is 0 Å². The Hall–Kier alpha value is -4.41. The van der Waals surface area contributed by atoms with Crippen LogP contribution in [0.4, 0.5) is 22.3 Å². The smallest absolute Gasteiger partial charge is 0.206 e. The fourth-order valence-corrected chi connectivity index (χ4v) is 7.41. The number of Topliss-reactive ketones (excluding diaryl/α,β-unsaturated/α-hetero) is 1. The molecule has 0 spiro atoms. The van der Waals surface area contributed by atoms with Crippen LogP contribution in [0.15, 0.2) is 102 Å². The molecule has 0 bridgehead atoms. The Bertz CT molecular complexity index is 2190. The lowest BCUT2D eigenvalue weighted by Crippen LogP contribution is -2.19. The summed E-state index contributed by atoms with van der Waals surface area (Å²) in [5, 5.41) is 8.00. The van der Waals surface area contributed by atoms with E-state index in [0.717, 1.165) is 65.4 Å². The number of aryl methyl sites for hydroxylation is 2. The molecule has 62 heavy (non-hydrogen) atoms. The number of hydrogen-bond donors (Lipinski definition) is 4. The number of thioether (sulfide) groups is 1. The summed E-state index contributed by atoms with van der Waals surface area (Å²) in [6, 6.07) is 30.6. The van der Waals surface area contributed by atoms with E-state index >= 15 is 0 Å². The molecule has 0 radical (unpaired) electrons. The summed E-state index contributed by atoms with van der Waals surface area (Å²) in [5.74, 6) is 1.92. The van der Waals surface area contributed by atoms with Crippen LogP contribution in [0.25, 0.3) is 0 Å². The molecule has 0 amide bonds. The molecule has 0 aliphatic carbocycles. The lowest BCUT2D eigenvalue weighted by molar-refractivity contribution is 0.102. The van der Waals surface area contributed by atoms with Crippen molar-refractivity contribution < 1.29 is 19.1 Å². The van der Waals surface area contributed by atoms with Gasteiger partial charge in [0, 0.05) is 41.1 Å². The van der Waals surface area contributed by atoms with Crippen molar-refractivity contribution in [3.05, 3.63) is 124 Å². The highest BCUT2D eigenvalue weighted by Crippen LogP contribution is 2.30. The van der Waals surface area contributed by atoms with Crippen LogP contribution >= 0.6 is 60.5 Å². The first-order valence-electron chi connectivity index (χ1n) is 19.8. The molecular weight excluding hydrogens is 924 g/mol. The second kappa shape index (κ2) is 28.3. The zero-order valence-corrected chi connectivity index (χ0v) is 41.3. The second-order valence-electron chi connectivity index (χ2n) is 13.9. The van der Waals surface area contributed by atoms with Gasteiger partial charge in [-0.2, -0.15) is 4.99 Å². The summed E-state index contributed by atoms with van der Waals surface area (Å²) in [4.78, 5) is 37.1. The number of nitrogen functional groups attached to an aromatic ring is 1. The third-order valence-corrected chi connectivity index (χ3v) is 11.2. The number of carbonyl (C=O) groups excluding carboxylic acids is 2. The number of amidine groups is 1. The molecule has 0 aliphatic heterocycles. The summed E-state index contributed by atoms with van der Waals surface area (Å²) < 4.78 is 11.3. The third-order valence-electron chi connectivity index (χ3n) is 8.50. The Balaban J connectivity index is 0.000000271. The average Bonchev–Trinajstić information content (AvgIpc) is 3.63. The van der Waals surface area contributed by atoms with Gasteiger partial charge in [0.1, 0.15) is 35.4 Å². The van der Waals surface area contributed by atoms with Crippen molar-refractivity contribution in [1.29, 1.82) is 0 Å². The number of aliphatic imine (C=N–C) groups is 1. The summed E-state index contributed by atoms with van der Waals surface area (Å²) in [6.07, 6.45) is 1.85. The van der Waals surface area contributed by atoms with E-state index in [4.69, 9.17) is 33.2 Å². The SMILES string of the molecule is CCc1cccc(C(=O)CBr)c1.CCc1cccc(C(=O)c2sc(Nc3ccc(OCCN(C)C)cc3)nc2N)c1.CN(C)CCOc1ccc(NC(=S)N=C(N)SCP)cc1. The van der Waals surface area contributed by atoms with E-state index < -0.39 is 0 Å². The highest BCUT2D eigenvalue weighted by Gasteiger charge is 2.18. The van der Waals surface area contributed by atoms with E-state index in [9.17, 15) is 9.59 Å². The molecule has 0 saturated heterocycles. The monoisotopic (exact) mass is 980 g/mol. The predicted molar refractivity (Wildman–Crippen MR) is 274 cm³/mol. The van der Waals surface area contributed by atoms with Gasteiger partial charge in [-0.1, -0.05) is 89.3 Å². The molecular formula is C45H58BrN8O4PS3. The lowest BCUT2D eigenvalue weighted by atomic mass is 10.1. The van der Waals surface area contributed by atoms with Crippen LogP contribution in [0.1, 0.15) is 50.6 Å². The normalized spacial score (nSPS) is 10.9. The molecule has 12 nitrogen and oxygen atoms in total. The largest absolute Gasteiger partial charge is 0.492 e. The summed E-state index contributed by atoms with van der Waals surface area (Å²) in [7, 11) is 10.6. The maximum atomic E-state index is 12.8. The number of thiocarbonyl (C=S) groups is 1. The number of carbonyl (C=O) groups is 2. The highest BCUT2D eigenvalue weighted by atomic mass is 79.9. The number of ether oxygens (including phenoxy) is 2. The molecule has 1 aromatic heterocycles. The van der Waals surface area contributed by atoms with Crippen LogP contribution in [-0.2, 0) is 12.8 Å². The van der Waals surface area contributed by atoms with Gasteiger partial charge in [0.25, 0.3) is 0 Å². The molecule has 1 atom stereocenters. The quantitative estimate of drug-likeness (QED) is 0.0165. The number of nitrogens with two attached hydrogens (primary N) is 2. The van der Waals surface area contributed by atoms with Gasteiger partial charge < -0.3 is 41.4 Å². The van der Waals surface area contributed by atoms with Crippen molar-refractivity contribution in [2.24, 2.45) is 10.7 Å². The number of ketones is 2. The predicted octanol–water partition coefficient (Wildman–Crippen LogP) is 9.23. The van der Waals surface area contributed by atoms with E-state index in [2.05, 4.69) is 69.4 Å². The Labute approximate surface area is 391 Å². The highest BCUT2D eigenvalue weighted by molar-refractivity contribution is 9.09. The van der Waals surface area contributed by atoms with E-state index in [-0.39, 0.29) is 17.4 Å². The first kappa shape index (κ1) is 51.9. The van der Waals surface area contributed by atoms with Crippen molar-refractivity contribution in [3.8, 4) is 11.5 Å². The van der Waals surface area contributed by atoms with Gasteiger partial charge in [-0.3, -0.25) is 9.59 Å². The zero-order valence-electron chi connectivity index (χ0n) is 36.2. The van der Waals surface area contributed by atoms with Crippen molar-refractivity contribution in [2.45, 2.75) is 26.7 Å². The summed E-state index contributed by atoms with van der Waals surface area (Å²) in [5.41, 5.74) is 18.0. The standard InChI is InChI=1S/C22H26N4O2S.C13H21N4OPS2.C10H11BrO/c1-4-15-6-5-7-16(14-15)19(27)20-21(23)25-22(29-20)24-17-8-10-18(11-9-17)28-13-12-26(2)3;1-17(2)7-8-18-11-5-3-10(4-6-11)15-13(20)16-12(14)21-9-19;1-2-8-4-3-5-9(6-8)10(12)7-11/h5-11,14H,4,12-13,23H2,1-3H3,(H,24,25);3-6H,7-9,19H2,1-2H3,(H3,14,15,16,20);3-6H,2,7H2,1H3. The number of thiazole rings is 1. The molecule has 0 aliphatic rings. The summed E-state index contributed by atoms with van der Waals surface area (Å²) >= 11 is 11.0. The van der Waals surface area contributed by atoms with Gasteiger partial charge in [-0.15, -0.1) is 9.24 Å². The lowest BCUT2D eigenvalue weighted by Gasteiger charge is -2.11. The molecule has 0 fully saturated rings. The minimum absolute atomic E-state index is 0.104. The minimum atomic E-state index is -0.104. The average molecular weight is 982 g/mol. The van der Waals surface area contributed by atoms with Gasteiger partial charge in [0.2, 0.25) is 5.78 Å². The Morgan fingerprint density at radius 2 is 1.35 bits per heavy atom. The molecule has 6 N–H and O–H groups in total. The fourth-order valence-electron chi connectivity index (χ4n) is 5.11. The first-order valence-corrected chi connectivity index (χ1v) is 24.0. The van der Waals surface area contributed by atoms with Crippen LogP contribution in [-0.4, -0.2) is 102 Å². The Kier molecular flexibility index (Phi) is 23.7. The third kappa shape index (κ3) is 19.3. The van der Waals surface area contributed by atoms with E-state index in [0.29, 0.717) is 44.4 Å². The van der Waals surface area contributed by atoms with Crippen LogP contribution < -0.4 is 31.6 Å². The Morgan fingerprint density at radius 3 is 1.85 bits per heavy atom. The maximum absolute atomic E-state index is 12.8. The number of rotatable bonds is 18. The van der Waals surface area contributed by atoms with E-state index in [1.807, 2.05) is 125 Å². The van der Waals surface area contributed by atoms with Gasteiger partial charge in [0.05, 0.1) is 5.33 Å². The van der Waals surface area contributed by atoms with Gasteiger partial charge >= 0.3 is 0 Å². The van der Waals surface area contributed by atoms with Gasteiger partial charge in [-0.25, -0.2) is 4.98 Å². The molecule has 17 heteroatoms. The molecule has 1 heterocycles. The molecule has 332 valence electrons. The molecule has 0 saturated carbocycles. The first-order chi connectivity index (χ1) is 29.7. The number of halogens is 1. The van der Waals surface area contributed by atoms with Crippen molar-refractivity contribution in [3.63, 3.8) is 0 Å².